The van der Waals surface area contributed by atoms with Gasteiger partial charge >= 0.3 is 0 Å². The number of halogens is 2. The van der Waals surface area contributed by atoms with Gasteiger partial charge in [-0.1, -0.05) is 0 Å². The highest BCUT2D eigenvalue weighted by Crippen LogP contribution is 2.42. The molecule has 2 heterocycles. The summed E-state index contributed by atoms with van der Waals surface area (Å²) in [4.78, 5) is 6.74. The molecule has 0 aliphatic carbocycles. The zero-order chi connectivity index (χ0) is 21.3. The molecule has 0 radical (unpaired) electrons. The molecule has 7 heteroatoms. The molecule has 30 heavy (non-hydrogen) atoms. The first kappa shape index (κ1) is 20.3. The summed E-state index contributed by atoms with van der Waals surface area (Å²) in [5, 5.41) is 3.18. The van der Waals surface area contributed by atoms with Crippen LogP contribution in [0.3, 0.4) is 0 Å². The second-order valence-electron chi connectivity index (χ2n) is 7.83. The van der Waals surface area contributed by atoms with Gasteiger partial charge in [-0.2, -0.15) is 0 Å². The molecule has 1 unspecified atom stereocenters. The maximum atomic E-state index is 14.4. The number of rotatable bonds is 5. The van der Waals surface area contributed by atoms with Crippen molar-refractivity contribution < 1.29 is 13.5 Å². The maximum absolute atomic E-state index is 14.4. The molecule has 0 aromatic heterocycles. The highest BCUT2D eigenvalue weighted by atomic mass is 19.1. The highest BCUT2D eigenvalue weighted by Gasteiger charge is 2.26. The summed E-state index contributed by atoms with van der Waals surface area (Å²) in [5.74, 6) is -0.838. The standard InChI is InChI=1S/C23H26F2N4O/c1-14-3-5-19-21(29(14)2)8-6-18(15(10-26)11-28-17-12-27-13-17)23(19)30-22-9-16(24)4-7-20(22)25/h4,6-11,14,17,27H,3,5,12-13,26H2,1-2H3. The summed E-state index contributed by atoms with van der Waals surface area (Å²) >= 11 is 0. The van der Waals surface area contributed by atoms with E-state index < -0.39 is 11.6 Å². The molecule has 1 saturated heterocycles. The van der Waals surface area contributed by atoms with Crippen LogP contribution in [-0.2, 0) is 6.42 Å². The molecule has 2 aromatic rings. The molecule has 5 nitrogen and oxygen atoms in total. The van der Waals surface area contributed by atoms with Gasteiger partial charge in [-0.05, 0) is 44.0 Å². The number of hydrogen-bond donors (Lipinski definition) is 2. The summed E-state index contributed by atoms with van der Waals surface area (Å²) in [6.45, 7) is 3.83. The number of fused-ring (bicyclic) bond motifs is 1. The quantitative estimate of drug-likeness (QED) is 0.732. The summed E-state index contributed by atoms with van der Waals surface area (Å²) in [7, 11) is 2.03. The normalized spacial score (nSPS) is 19.7. The Kier molecular flexibility index (Phi) is 5.72. The van der Waals surface area contributed by atoms with E-state index in [1.165, 1.54) is 6.20 Å². The lowest BCUT2D eigenvalue weighted by molar-refractivity contribution is 0.427. The summed E-state index contributed by atoms with van der Waals surface area (Å²) in [6, 6.07) is 7.73. The van der Waals surface area contributed by atoms with Crippen molar-refractivity contribution in [2.75, 3.05) is 25.0 Å². The van der Waals surface area contributed by atoms with Crippen molar-refractivity contribution in [2.24, 2.45) is 10.7 Å². The largest absolute Gasteiger partial charge is 0.453 e. The van der Waals surface area contributed by atoms with E-state index in [1.807, 2.05) is 19.2 Å². The first-order chi connectivity index (χ1) is 14.5. The van der Waals surface area contributed by atoms with Gasteiger partial charge in [0.2, 0.25) is 0 Å². The van der Waals surface area contributed by atoms with Crippen LogP contribution in [0.2, 0.25) is 0 Å². The van der Waals surface area contributed by atoms with Gasteiger partial charge in [-0.15, -0.1) is 0 Å². The Labute approximate surface area is 175 Å². The van der Waals surface area contributed by atoms with Crippen molar-refractivity contribution in [3.63, 3.8) is 0 Å². The fourth-order valence-electron chi connectivity index (χ4n) is 3.75. The van der Waals surface area contributed by atoms with E-state index in [1.54, 1.807) is 6.21 Å². The van der Waals surface area contributed by atoms with Crippen LogP contribution in [0, 0.1) is 11.6 Å². The molecule has 0 saturated carbocycles. The number of benzene rings is 2. The van der Waals surface area contributed by atoms with E-state index in [2.05, 4.69) is 22.1 Å². The van der Waals surface area contributed by atoms with Gasteiger partial charge in [0, 0.05) is 67.0 Å². The van der Waals surface area contributed by atoms with Crippen molar-refractivity contribution in [1.82, 2.24) is 5.32 Å². The molecule has 158 valence electrons. The van der Waals surface area contributed by atoms with Crippen LogP contribution in [0.1, 0.15) is 24.5 Å². The highest BCUT2D eigenvalue weighted by molar-refractivity contribution is 6.11. The van der Waals surface area contributed by atoms with Crippen molar-refractivity contribution >= 4 is 17.5 Å². The molecule has 0 amide bonds. The predicted octanol–water partition coefficient (Wildman–Crippen LogP) is 3.87. The average molecular weight is 412 g/mol. The number of nitrogens with zero attached hydrogens (tertiary/aromatic N) is 2. The molecule has 1 atom stereocenters. The number of hydrogen-bond acceptors (Lipinski definition) is 5. The summed E-state index contributed by atoms with van der Waals surface area (Å²) < 4.78 is 34.2. The third-order valence-electron chi connectivity index (χ3n) is 5.87. The van der Waals surface area contributed by atoms with E-state index in [-0.39, 0.29) is 11.8 Å². The van der Waals surface area contributed by atoms with Gasteiger partial charge in [-0.3, -0.25) is 4.99 Å². The Hall–Kier alpha value is -2.93. The molecule has 0 bridgehead atoms. The Morgan fingerprint density at radius 1 is 1.27 bits per heavy atom. The summed E-state index contributed by atoms with van der Waals surface area (Å²) in [6.07, 6.45) is 4.90. The van der Waals surface area contributed by atoms with E-state index in [9.17, 15) is 8.78 Å². The van der Waals surface area contributed by atoms with Crippen molar-refractivity contribution in [3.8, 4) is 11.5 Å². The van der Waals surface area contributed by atoms with Crippen molar-refractivity contribution in [1.29, 1.82) is 0 Å². The third kappa shape index (κ3) is 3.89. The minimum atomic E-state index is -0.620. The Morgan fingerprint density at radius 2 is 2.07 bits per heavy atom. The van der Waals surface area contributed by atoms with E-state index in [0.717, 1.165) is 55.4 Å². The van der Waals surface area contributed by atoms with Crippen LogP contribution in [0.4, 0.5) is 14.5 Å². The third-order valence-corrected chi connectivity index (χ3v) is 5.87. The molecule has 3 N–H and O–H groups in total. The fourth-order valence-corrected chi connectivity index (χ4v) is 3.75. The van der Waals surface area contributed by atoms with E-state index in [0.29, 0.717) is 22.9 Å². The van der Waals surface area contributed by atoms with Gasteiger partial charge in [0.05, 0.1) is 6.04 Å². The first-order valence-corrected chi connectivity index (χ1v) is 10.2. The molecule has 2 aliphatic heterocycles. The van der Waals surface area contributed by atoms with Crippen LogP contribution in [0.15, 0.2) is 41.5 Å². The maximum Gasteiger partial charge on any atom is 0.166 e. The molecular weight excluding hydrogens is 386 g/mol. The predicted molar refractivity (Wildman–Crippen MR) is 116 cm³/mol. The van der Waals surface area contributed by atoms with Crippen LogP contribution in [0.25, 0.3) is 5.57 Å². The van der Waals surface area contributed by atoms with Gasteiger partial charge < -0.3 is 20.7 Å². The van der Waals surface area contributed by atoms with Crippen LogP contribution < -0.4 is 20.7 Å². The van der Waals surface area contributed by atoms with Crippen molar-refractivity contribution in [2.45, 2.75) is 31.8 Å². The van der Waals surface area contributed by atoms with E-state index in [4.69, 9.17) is 10.5 Å². The second kappa shape index (κ2) is 8.44. The molecule has 4 rings (SSSR count). The van der Waals surface area contributed by atoms with Crippen LogP contribution in [0.5, 0.6) is 11.5 Å². The lowest BCUT2D eigenvalue weighted by Gasteiger charge is -2.35. The van der Waals surface area contributed by atoms with Crippen molar-refractivity contribution in [3.05, 3.63) is 59.3 Å². The van der Waals surface area contributed by atoms with E-state index >= 15 is 0 Å². The lowest BCUT2D eigenvalue weighted by Crippen LogP contribution is -2.45. The number of aliphatic imine (C=N–C) groups is 1. The number of allylic oxidation sites excluding steroid dienone is 1. The minimum Gasteiger partial charge on any atom is -0.453 e. The van der Waals surface area contributed by atoms with Crippen LogP contribution >= 0.6 is 0 Å². The molecule has 2 aromatic carbocycles. The minimum absolute atomic E-state index is 0.151. The zero-order valence-electron chi connectivity index (χ0n) is 17.2. The van der Waals surface area contributed by atoms with Gasteiger partial charge in [0.1, 0.15) is 11.6 Å². The number of ether oxygens (including phenoxy) is 1. The number of anilines is 1. The van der Waals surface area contributed by atoms with Crippen LogP contribution in [-0.4, -0.2) is 38.4 Å². The van der Waals surface area contributed by atoms with Gasteiger partial charge in [0.15, 0.2) is 11.6 Å². The Balaban J connectivity index is 1.81. The zero-order valence-corrected chi connectivity index (χ0v) is 17.2. The molecule has 1 fully saturated rings. The van der Waals surface area contributed by atoms with Gasteiger partial charge in [0.25, 0.3) is 0 Å². The molecule has 0 spiro atoms. The second-order valence-corrected chi connectivity index (χ2v) is 7.83. The Bertz CT molecular complexity index is 1000. The monoisotopic (exact) mass is 412 g/mol. The fraction of sp³-hybridized carbons (Fsp3) is 0.348. The van der Waals surface area contributed by atoms with Gasteiger partial charge in [-0.25, -0.2) is 8.78 Å². The topological polar surface area (TPSA) is 62.9 Å². The first-order valence-electron chi connectivity index (χ1n) is 10.2. The molecule has 2 aliphatic rings. The lowest BCUT2D eigenvalue weighted by atomic mass is 9.92. The smallest absolute Gasteiger partial charge is 0.166 e. The number of nitrogens with two attached hydrogens (primary N) is 1. The molecular formula is C23H26F2N4O. The average Bonchev–Trinajstić information content (AvgIpc) is 2.70. The number of nitrogens with one attached hydrogen (secondary N) is 1. The SMILES string of the molecule is CC1CCc2c(ccc(C(C=NC3CNC3)=CN)c2Oc2cc(F)ccc2F)N1C. The summed E-state index contributed by atoms with van der Waals surface area (Å²) in [5.41, 5.74) is 9.28. The Morgan fingerprint density at radius 3 is 2.77 bits per heavy atom.